The summed E-state index contributed by atoms with van der Waals surface area (Å²) < 4.78 is 29.0. The van der Waals surface area contributed by atoms with E-state index in [4.69, 9.17) is 4.42 Å². The molecule has 0 atom stereocenters. The zero-order chi connectivity index (χ0) is 18.1. The lowest BCUT2D eigenvalue weighted by Gasteiger charge is -2.30. The van der Waals surface area contributed by atoms with E-state index >= 15 is 0 Å². The molecule has 1 amide bonds. The predicted octanol–water partition coefficient (Wildman–Crippen LogP) is 1.97. The number of sulfone groups is 1. The molecule has 138 valence electrons. The van der Waals surface area contributed by atoms with E-state index < -0.39 is 9.84 Å². The van der Waals surface area contributed by atoms with Crippen molar-refractivity contribution in [2.45, 2.75) is 32.2 Å². The van der Waals surface area contributed by atoms with Crippen LogP contribution in [0.25, 0.3) is 0 Å². The third-order valence-electron chi connectivity index (χ3n) is 5.19. The maximum Gasteiger partial charge on any atom is 0.226 e. The molecule has 2 aliphatic rings. The van der Waals surface area contributed by atoms with Gasteiger partial charge in [-0.25, -0.2) is 13.4 Å². The van der Waals surface area contributed by atoms with Crippen LogP contribution in [0.5, 0.6) is 0 Å². The van der Waals surface area contributed by atoms with Crippen LogP contribution < -0.4 is 0 Å². The molecule has 0 spiro atoms. The zero-order valence-electron chi connectivity index (χ0n) is 14.6. The quantitative estimate of drug-likeness (QED) is 0.821. The summed E-state index contributed by atoms with van der Waals surface area (Å²) in [6.45, 7) is 1.06. The first-order valence-electron chi connectivity index (χ1n) is 9.01. The van der Waals surface area contributed by atoms with E-state index in [1.807, 2.05) is 30.3 Å². The second-order valence-corrected chi connectivity index (χ2v) is 9.38. The summed E-state index contributed by atoms with van der Waals surface area (Å²) in [5, 5.41) is 0. The van der Waals surface area contributed by atoms with Gasteiger partial charge in [0.15, 0.2) is 5.89 Å². The Morgan fingerprint density at radius 3 is 2.65 bits per heavy atom. The third-order valence-corrected chi connectivity index (χ3v) is 6.90. The average Bonchev–Trinajstić information content (AvgIpc) is 3.03. The van der Waals surface area contributed by atoms with Crippen LogP contribution in [0, 0.1) is 5.92 Å². The molecule has 0 radical (unpaired) electrons. The summed E-state index contributed by atoms with van der Waals surface area (Å²) in [6.07, 6.45) is 2.17. The van der Waals surface area contributed by atoms with Crippen LogP contribution in [0.3, 0.4) is 0 Å². The summed E-state index contributed by atoms with van der Waals surface area (Å²) >= 11 is 0. The molecular weight excluding hydrogens is 352 g/mol. The van der Waals surface area contributed by atoms with Crippen molar-refractivity contribution < 1.29 is 17.6 Å². The highest BCUT2D eigenvalue weighted by atomic mass is 32.2. The minimum absolute atomic E-state index is 0.0539. The number of fused-ring (bicyclic) bond motifs is 1. The number of oxazole rings is 1. The molecule has 7 heteroatoms. The Kier molecular flexibility index (Phi) is 4.56. The van der Waals surface area contributed by atoms with Crippen LogP contribution in [0.4, 0.5) is 0 Å². The van der Waals surface area contributed by atoms with E-state index in [2.05, 4.69) is 4.98 Å². The number of rotatable bonds is 3. The lowest BCUT2D eigenvalue weighted by atomic mass is 10.00. The lowest BCUT2D eigenvalue weighted by molar-refractivity contribution is -0.136. The van der Waals surface area contributed by atoms with Crippen LogP contribution in [-0.2, 0) is 34.0 Å². The molecule has 0 bridgehead atoms. The van der Waals surface area contributed by atoms with Crippen molar-refractivity contribution in [2.75, 3.05) is 18.1 Å². The first-order valence-corrected chi connectivity index (χ1v) is 10.8. The number of nitrogens with zero attached hydrogens (tertiary/aromatic N) is 2. The summed E-state index contributed by atoms with van der Waals surface area (Å²) in [7, 11) is -2.95. The maximum atomic E-state index is 12.7. The van der Waals surface area contributed by atoms with Crippen LogP contribution in [0.2, 0.25) is 0 Å². The highest BCUT2D eigenvalue weighted by molar-refractivity contribution is 7.91. The Morgan fingerprint density at radius 2 is 1.92 bits per heavy atom. The van der Waals surface area contributed by atoms with Crippen LogP contribution in [-0.4, -0.2) is 42.3 Å². The van der Waals surface area contributed by atoms with Gasteiger partial charge in [-0.2, -0.15) is 0 Å². The number of carbonyl (C=O) groups is 1. The SMILES string of the molecule is O=C(C1CCS(=O)(=O)CC1)N1CCc2oc(Cc3ccccc3)nc2C1. The zero-order valence-corrected chi connectivity index (χ0v) is 15.4. The summed E-state index contributed by atoms with van der Waals surface area (Å²) in [5.41, 5.74) is 1.97. The molecule has 4 rings (SSSR count). The van der Waals surface area contributed by atoms with E-state index in [0.29, 0.717) is 44.7 Å². The Morgan fingerprint density at radius 1 is 1.19 bits per heavy atom. The largest absolute Gasteiger partial charge is 0.445 e. The number of hydrogen-bond acceptors (Lipinski definition) is 5. The second kappa shape index (κ2) is 6.87. The normalized spacial score (nSPS) is 19.9. The average molecular weight is 374 g/mol. The van der Waals surface area contributed by atoms with Crippen molar-refractivity contribution in [3.63, 3.8) is 0 Å². The number of aromatic nitrogens is 1. The van der Waals surface area contributed by atoms with Gasteiger partial charge >= 0.3 is 0 Å². The first-order chi connectivity index (χ1) is 12.5. The van der Waals surface area contributed by atoms with Crippen LogP contribution in [0.1, 0.15) is 35.7 Å². The molecule has 26 heavy (non-hydrogen) atoms. The number of hydrogen-bond donors (Lipinski definition) is 0. The van der Waals surface area contributed by atoms with Gasteiger partial charge in [0.2, 0.25) is 5.91 Å². The molecule has 2 aliphatic heterocycles. The van der Waals surface area contributed by atoms with Gasteiger partial charge in [0, 0.05) is 25.3 Å². The Hall–Kier alpha value is -2.15. The lowest BCUT2D eigenvalue weighted by Crippen LogP contribution is -2.42. The highest BCUT2D eigenvalue weighted by Crippen LogP contribution is 2.26. The van der Waals surface area contributed by atoms with Gasteiger partial charge in [0.25, 0.3) is 0 Å². The molecule has 0 saturated carbocycles. The molecule has 1 aromatic heterocycles. The minimum Gasteiger partial charge on any atom is -0.445 e. The van der Waals surface area contributed by atoms with Crippen molar-refractivity contribution in [1.82, 2.24) is 9.88 Å². The molecule has 3 heterocycles. The fourth-order valence-electron chi connectivity index (χ4n) is 3.68. The topological polar surface area (TPSA) is 80.5 Å². The number of amides is 1. The van der Waals surface area contributed by atoms with Crippen LogP contribution >= 0.6 is 0 Å². The molecule has 6 nitrogen and oxygen atoms in total. The molecule has 0 N–H and O–H groups in total. The van der Waals surface area contributed by atoms with Gasteiger partial charge < -0.3 is 9.32 Å². The standard InChI is InChI=1S/C19H22N2O4S/c22-19(15-7-10-26(23,24)11-8-15)21-9-6-17-16(13-21)20-18(25-17)12-14-4-2-1-3-5-14/h1-5,15H,6-13H2. The fraction of sp³-hybridized carbons (Fsp3) is 0.474. The Bertz CT molecular complexity index is 891. The second-order valence-electron chi connectivity index (χ2n) is 7.08. The van der Waals surface area contributed by atoms with E-state index in [-0.39, 0.29) is 23.3 Å². The smallest absolute Gasteiger partial charge is 0.226 e. The van der Waals surface area contributed by atoms with Gasteiger partial charge in [-0.1, -0.05) is 30.3 Å². The highest BCUT2D eigenvalue weighted by Gasteiger charge is 2.33. The molecule has 2 aromatic rings. The van der Waals surface area contributed by atoms with Crippen molar-refractivity contribution in [2.24, 2.45) is 5.92 Å². The van der Waals surface area contributed by atoms with Crippen LogP contribution in [0.15, 0.2) is 34.7 Å². The van der Waals surface area contributed by atoms with E-state index in [1.165, 1.54) is 0 Å². The minimum atomic E-state index is -2.95. The molecule has 1 aromatic carbocycles. The number of carbonyl (C=O) groups excluding carboxylic acids is 1. The molecular formula is C19H22N2O4S. The summed E-state index contributed by atoms with van der Waals surface area (Å²) in [6, 6.07) is 10.0. The van der Waals surface area contributed by atoms with E-state index in [9.17, 15) is 13.2 Å². The van der Waals surface area contributed by atoms with Gasteiger partial charge in [-0.05, 0) is 18.4 Å². The molecule has 0 aliphatic carbocycles. The Balaban J connectivity index is 1.42. The predicted molar refractivity (Wildman–Crippen MR) is 96.2 cm³/mol. The Labute approximate surface area is 153 Å². The van der Waals surface area contributed by atoms with Crippen molar-refractivity contribution in [3.8, 4) is 0 Å². The van der Waals surface area contributed by atoms with Crippen molar-refractivity contribution in [3.05, 3.63) is 53.2 Å². The van der Waals surface area contributed by atoms with E-state index in [1.54, 1.807) is 4.90 Å². The summed E-state index contributed by atoms with van der Waals surface area (Å²) in [4.78, 5) is 19.1. The van der Waals surface area contributed by atoms with Gasteiger partial charge in [-0.15, -0.1) is 0 Å². The van der Waals surface area contributed by atoms with Gasteiger partial charge in [0.1, 0.15) is 21.3 Å². The molecule has 1 saturated heterocycles. The van der Waals surface area contributed by atoms with Gasteiger partial charge in [-0.3, -0.25) is 4.79 Å². The fourth-order valence-corrected chi connectivity index (χ4v) is 5.17. The van der Waals surface area contributed by atoms with Gasteiger partial charge in [0.05, 0.1) is 18.1 Å². The monoisotopic (exact) mass is 374 g/mol. The van der Waals surface area contributed by atoms with Crippen molar-refractivity contribution >= 4 is 15.7 Å². The third kappa shape index (κ3) is 3.67. The summed E-state index contributed by atoms with van der Waals surface area (Å²) in [5.74, 6) is 1.65. The first kappa shape index (κ1) is 17.3. The molecule has 1 fully saturated rings. The maximum absolute atomic E-state index is 12.7. The van der Waals surface area contributed by atoms with Crippen molar-refractivity contribution in [1.29, 1.82) is 0 Å². The molecule has 0 unspecified atom stereocenters. The van der Waals surface area contributed by atoms with E-state index in [0.717, 1.165) is 17.0 Å². The number of benzene rings is 1.